The third kappa shape index (κ3) is 5.39. The van der Waals surface area contributed by atoms with E-state index in [4.69, 9.17) is 14.6 Å². The van der Waals surface area contributed by atoms with Crippen molar-refractivity contribution < 1.29 is 19.4 Å². The standard InChI is InChI=1S/C15H23NO4S2/c1-22(21)16-10-14(20-13-5-3-2-4-6-13)9-12(16)11-19-8-7-15(17)18/h2-6,12,14,21-22H,7-11H2,1H3,(H,17,18)/t12-,14-/m0/s1. The van der Waals surface area contributed by atoms with Crippen molar-refractivity contribution in [3.63, 3.8) is 0 Å². The van der Waals surface area contributed by atoms with Crippen molar-refractivity contribution in [2.24, 2.45) is 0 Å². The lowest BCUT2D eigenvalue weighted by Gasteiger charge is -2.29. The summed E-state index contributed by atoms with van der Waals surface area (Å²) >= 11 is 4.58. The highest BCUT2D eigenvalue weighted by Crippen LogP contribution is 2.39. The zero-order valence-electron chi connectivity index (χ0n) is 12.6. The van der Waals surface area contributed by atoms with Gasteiger partial charge >= 0.3 is 5.97 Å². The van der Waals surface area contributed by atoms with E-state index in [2.05, 4.69) is 22.2 Å². The minimum Gasteiger partial charge on any atom is -0.489 e. The van der Waals surface area contributed by atoms with Crippen molar-refractivity contribution in [1.82, 2.24) is 4.31 Å². The van der Waals surface area contributed by atoms with Gasteiger partial charge in [0.1, 0.15) is 11.9 Å². The minimum atomic E-state index is -0.833. The molecule has 1 aliphatic heterocycles. The number of hydrogen-bond acceptors (Lipinski definition) is 5. The zero-order valence-corrected chi connectivity index (χ0v) is 14.4. The molecule has 3 atom stereocenters. The highest BCUT2D eigenvalue weighted by molar-refractivity contribution is 8.76. The second-order valence-electron chi connectivity index (χ2n) is 5.27. The molecule has 1 N–H and O–H groups in total. The number of thiol groups is 2. The quantitative estimate of drug-likeness (QED) is 0.384. The molecule has 7 heteroatoms. The molecule has 2 rings (SSSR count). The lowest BCUT2D eigenvalue weighted by Crippen LogP contribution is -2.29. The average Bonchev–Trinajstić information content (AvgIpc) is 2.87. The van der Waals surface area contributed by atoms with Crippen LogP contribution in [0.3, 0.4) is 0 Å². The van der Waals surface area contributed by atoms with E-state index in [1.54, 1.807) is 0 Å². The molecule has 0 radical (unpaired) electrons. The van der Waals surface area contributed by atoms with Crippen LogP contribution in [0.25, 0.3) is 0 Å². The molecule has 0 saturated carbocycles. The minimum absolute atomic E-state index is 0.0401. The number of para-hydroxylation sites is 1. The first-order chi connectivity index (χ1) is 10.6. The maximum atomic E-state index is 10.5. The van der Waals surface area contributed by atoms with E-state index in [1.807, 2.05) is 30.3 Å². The monoisotopic (exact) mass is 345 g/mol. The van der Waals surface area contributed by atoms with Gasteiger partial charge in [-0.3, -0.25) is 9.10 Å². The first kappa shape index (κ1) is 17.5. The average molecular weight is 345 g/mol. The van der Waals surface area contributed by atoms with E-state index < -0.39 is 16.1 Å². The molecule has 1 aromatic rings. The molecule has 0 aliphatic carbocycles. The molecule has 1 heterocycles. The third-order valence-corrected chi connectivity index (χ3v) is 5.46. The van der Waals surface area contributed by atoms with Gasteiger partial charge in [-0.2, -0.15) is 10.1 Å². The SMILES string of the molecule is C[SH](S)N1C[C@@H](Oc2ccccc2)C[C@H]1COCCC(=O)O. The van der Waals surface area contributed by atoms with E-state index in [0.29, 0.717) is 6.61 Å². The summed E-state index contributed by atoms with van der Waals surface area (Å²) in [6, 6.07) is 10.0. The number of rotatable bonds is 8. The Kier molecular flexibility index (Phi) is 6.88. The van der Waals surface area contributed by atoms with Crippen LogP contribution in [-0.2, 0) is 9.53 Å². The Morgan fingerprint density at radius 1 is 1.45 bits per heavy atom. The second kappa shape index (κ2) is 8.67. The van der Waals surface area contributed by atoms with Gasteiger partial charge in [0.05, 0.1) is 19.6 Å². The van der Waals surface area contributed by atoms with E-state index in [9.17, 15) is 4.79 Å². The molecule has 5 nitrogen and oxygen atoms in total. The fourth-order valence-corrected chi connectivity index (χ4v) is 4.23. The summed E-state index contributed by atoms with van der Waals surface area (Å²) in [5, 5.41) is 8.63. The number of aliphatic carboxylic acids is 1. The summed E-state index contributed by atoms with van der Waals surface area (Å²) in [4.78, 5) is 10.5. The molecule has 1 aromatic carbocycles. The fraction of sp³-hybridized carbons (Fsp3) is 0.533. The number of nitrogens with zero attached hydrogens (tertiary/aromatic N) is 1. The van der Waals surface area contributed by atoms with Crippen LogP contribution in [0.4, 0.5) is 0 Å². The highest BCUT2D eigenvalue weighted by atomic mass is 33.1. The topological polar surface area (TPSA) is 59.0 Å². The van der Waals surface area contributed by atoms with Crippen LogP contribution < -0.4 is 4.74 Å². The largest absolute Gasteiger partial charge is 0.489 e. The van der Waals surface area contributed by atoms with Crippen molar-refractivity contribution in [2.45, 2.75) is 25.0 Å². The molecule has 1 unspecified atom stereocenters. The highest BCUT2D eigenvalue weighted by Gasteiger charge is 2.34. The van der Waals surface area contributed by atoms with Crippen LogP contribution in [-0.4, -0.2) is 53.5 Å². The number of ether oxygens (including phenoxy) is 2. The van der Waals surface area contributed by atoms with Crippen molar-refractivity contribution in [3.05, 3.63) is 30.3 Å². The second-order valence-corrected chi connectivity index (χ2v) is 8.50. The van der Waals surface area contributed by atoms with E-state index >= 15 is 0 Å². The summed E-state index contributed by atoms with van der Waals surface area (Å²) in [5.74, 6) is 0.0417. The van der Waals surface area contributed by atoms with E-state index in [0.717, 1.165) is 18.7 Å². The summed E-state index contributed by atoms with van der Waals surface area (Å²) in [5.41, 5.74) is 0. The summed E-state index contributed by atoms with van der Waals surface area (Å²) in [7, 11) is -0.524. The van der Waals surface area contributed by atoms with Gasteiger partial charge in [0.15, 0.2) is 0 Å². The molecule has 0 bridgehead atoms. The maximum Gasteiger partial charge on any atom is 0.305 e. The van der Waals surface area contributed by atoms with Crippen molar-refractivity contribution in [2.75, 3.05) is 26.0 Å². The van der Waals surface area contributed by atoms with Crippen molar-refractivity contribution in [1.29, 1.82) is 0 Å². The third-order valence-electron chi connectivity index (χ3n) is 3.54. The van der Waals surface area contributed by atoms with Gasteiger partial charge < -0.3 is 14.6 Å². The van der Waals surface area contributed by atoms with Gasteiger partial charge in [0, 0.05) is 19.0 Å². The maximum absolute atomic E-state index is 10.5. The molecule has 1 aliphatic rings. The Hall–Kier alpha value is -0.890. The van der Waals surface area contributed by atoms with Crippen LogP contribution in [0.5, 0.6) is 5.75 Å². The molecule has 1 saturated heterocycles. The molecule has 0 spiro atoms. The lowest BCUT2D eigenvalue weighted by molar-refractivity contribution is -0.138. The number of carboxylic acids is 1. The van der Waals surface area contributed by atoms with Crippen molar-refractivity contribution >= 4 is 27.7 Å². The summed E-state index contributed by atoms with van der Waals surface area (Å²) in [6.07, 6.45) is 3.12. The molecule has 1 fully saturated rings. The van der Waals surface area contributed by atoms with Crippen LogP contribution >= 0.6 is 21.8 Å². The van der Waals surface area contributed by atoms with Crippen LogP contribution in [0, 0.1) is 0 Å². The Morgan fingerprint density at radius 2 is 2.18 bits per heavy atom. The molecular formula is C15H23NO4S2. The van der Waals surface area contributed by atoms with Crippen LogP contribution in [0.1, 0.15) is 12.8 Å². The van der Waals surface area contributed by atoms with Gasteiger partial charge in [-0.15, -0.1) is 11.7 Å². The Labute approximate surface area is 138 Å². The number of carboxylic acid groups (broad SMARTS) is 1. The number of carbonyl (C=O) groups is 1. The molecule has 0 aromatic heterocycles. The molecule has 124 valence electrons. The normalized spacial score (nSPS) is 24.2. The zero-order chi connectivity index (χ0) is 15.9. The van der Waals surface area contributed by atoms with E-state index in [1.165, 1.54) is 0 Å². The molecule has 22 heavy (non-hydrogen) atoms. The summed E-state index contributed by atoms with van der Waals surface area (Å²) in [6.45, 7) is 1.60. The van der Waals surface area contributed by atoms with Crippen molar-refractivity contribution in [3.8, 4) is 5.75 Å². The molecular weight excluding hydrogens is 322 g/mol. The van der Waals surface area contributed by atoms with E-state index in [-0.39, 0.29) is 25.2 Å². The lowest BCUT2D eigenvalue weighted by atomic mass is 10.2. The predicted octanol–water partition coefficient (Wildman–Crippen LogP) is 2.39. The van der Waals surface area contributed by atoms with Gasteiger partial charge in [-0.05, 0) is 18.4 Å². The Balaban J connectivity index is 1.84. The Morgan fingerprint density at radius 3 is 2.82 bits per heavy atom. The van der Waals surface area contributed by atoms with Gasteiger partial charge in [0.25, 0.3) is 0 Å². The van der Waals surface area contributed by atoms with Crippen LogP contribution in [0.15, 0.2) is 30.3 Å². The van der Waals surface area contributed by atoms with Gasteiger partial charge in [0.2, 0.25) is 0 Å². The van der Waals surface area contributed by atoms with Gasteiger partial charge in [-0.25, -0.2) is 0 Å². The first-order valence-corrected chi connectivity index (χ1v) is 10.2. The first-order valence-electron chi connectivity index (χ1n) is 7.26. The van der Waals surface area contributed by atoms with Gasteiger partial charge in [-0.1, -0.05) is 18.2 Å². The Bertz CT molecular complexity index is 472. The summed E-state index contributed by atoms with van der Waals surface area (Å²) < 4.78 is 13.8. The van der Waals surface area contributed by atoms with Crippen LogP contribution in [0.2, 0.25) is 0 Å². The molecule has 0 amide bonds. The predicted molar refractivity (Wildman–Crippen MR) is 92.9 cm³/mol. The number of hydrogen-bond donors (Lipinski definition) is 3. The fourth-order valence-electron chi connectivity index (χ4n) is 2.52. The number of benzene rings is 1. The smallest absolute Gasteiger partial charge is 0.305 e.